The Hall–Kier alpha value is -0.160. The lowest BCUT2D eigenvalue weighted by Crippen LogP contribution is -2.52. The summed E-state index contributed by atoms with van der Waals surface area (Å²) < 4.78 is 4.93. The molecule has 0 aromatic heterocycles. The number of hydrogen-bond donors (Lipinski definition) is 3. The summed E-state index contributed by atoms with van der Waals surface area (Å²) in [5.74, 6) is -0.429. The van der Waals surface area contributed by atoms with Crippen LogP contribution in [-0.2, 0) is 4.74 Å². The SMILES string of the molecule is C[C@@H]1OC(O)[C@H](C)[C@H](O)[C@H]1O. The van der Waals surface area contributed by atoms with Gasteiger partial charge in [0.2, 0.25) is 0 Å². The molecule has 1 aliphatic rings. The van der Waals surface area contributed by atoms with Crippen LogP contribution in [0.4, 0.5) is 0 Å². The second kappa shape index (κ2) is 3.06. The van der Waals surface area contributed by atoms with Crippen molar-refractivity contribution in [1.29, 1.82) is 0 Å². The molecule has 3 N–H and O–H groups in total. The summed E-state index contributed by atoms with van der Waals surface area (Å²) >= 11 is 0. The van der Waals surface area contributed by atoms with Gasteiger partial charge in [0, 0.05) is 5.92 Å². The molecule has 0 bridgehead atoms. The van der Waals surface area contributed by atoms with Gasteiger partial charge in [0.25, 0.3) is 0 Å². The highest BCUT2D eigenvalue weighted by atomic mass is 16.6. The summed E-state index contributed by atoms with van der Waals surface area (Å²) in [7, 11) is 0. The molecule has 4 heteroatoms. The first kappa shape index (κ1) is 8.93. The zero-order valence-corrected chi connectivity index (χ0v) is 6.64. The van der Waals surface area contributed by atoms with Gasteiger partial charge in [0.15, 0.2) is 6.29 Å². The predicted molar refractivity (Wildman–Crippen MR) is 37.7 cm³/mol. The first-order chi connectivity index (χ1) is 5.04. The molecule has 1 rings (SSSR count). The van der Waals surface area contributed by atoms with Crippen molar-refractivity contribution in [3.63, 3.8) is 0 Å². The van der Waals surface area contributed by atoms with Crippen LogP contribution in [0.25, 0.3) is 0 Å². The first-order valence-electron chi connectivity index (χ1n) is 3.73. The predicted octanol–water partition coefficient (Wildman–Crippen LogP) is -0.919. The zero-order chi connectivity index (χ0) is 8.59. The van der Waals surface area contributed by atoms with E-state index in [0.717, 1.165) is 0 Å². The molecule has 0 saturated carbocycles. The Bertz CT molecular complexity index is 124. The van der Waals surface area contributed by atoms with Crippen molar-refractivity contribution in [1.82, 2.24) is 0 Å². The molecule has 0 spiro atoms. The summed E-state index contributed by atoms with van der Waals surface area (Å²) in [6.45, 7) is 3.24. The molecule has 4 nitrogen and oxygen atoms in total. The van der Waals surface area contributed by atoms with Crippen LogP contribution in [0, 0.1) is 5.92 Å². The lowest BCUT2D eigenvalue weighted by atomic mass is 9.93. The Morgan fingerprint density at radius 1 is 1.00 bits per heavy atom. The molecule has 1 fully saturated rings. The van der Waals surface area contributed by atoms with Crippen molar-refractivity contribution < 1.29 is 20.1 Å². The zero-order valence-electron chi connectivity index (χ0n) is 6.64. The van der Waals surface area contributed by atoms with Crippen LogP contribution in [0.2, 0.25) is 0 Å². The van der Waals surface area contributed by atoms with E-state index in [2.05, 4.69) is 0 Å². The van der Waals surface area contributed by atoms with Gasteiger partial charge in [0.1, 0.15) is 6.10 Å². The maximum absolute atomic E-state index is 9.30. The highest BCUT2D eigenvalue weighted by Gasteiger charge is 2.38. The van der Waals surface area contributed by atoms with Crippen molar-refractivity contribution >= 4 is 0 Å². The number of aliphatic hydroxyl groups excluding tert-OH is 3. The minimum atomic E-state index is -0.969. The van der Waals surface area contributed by atoms with Gasteiger partial charge in [0.05, 0.1) is 12.2 Å². The molecule has 1 aliphatic heterocycles. The van der Waals surface area contributed by atoms with Crippen LogP contribution in [0.1, 0.15) is 13.8 Å². The molecule has 1 unspecified atom stereocenters. The van der Waals surface area contributed by atoms with E-state index in [1.54, 1.807) is 13.8 Å². The summed E-state index contributed by atoms with van der Waals surface area (Å²) in [6.07, 6.45) is -3.26. The van der Waals surface area contributed by atoms with Gasteiger partial charge in [-0.15, -0.1) is 0 Å². The van der Waals surface area contributed by atoms with E-state index in [1.165, 1.54) is 0 Å². The Labute approximate surface area is 65.4 Å². The van der Waals surface area contributed by atoms with E-state index in [4.69, 9.17) is 9.84 Å². The normalized spacial score (nSPS) is 52.6. The van der Waals surface area contributed by atoms with Crippen LogP contribution in [0.15, 0.2) is 0 Å². The van der Waals surface area contributed by atoms with Gasteiger partial charge < -0.3 is 20.1 Å². The van der Waals surface area contributed by atoms with Gasteiger partial charge >= 0.3 is 0 Å². The van der Waals surface area contributed by atoms with Crippen molar-refractivity contribution in [3.8, 4) is 0 Å². The molecule has 0 aliphatic carbocycles. The highest BCUT2D eigenvalue weighted by molar-refractivity contribution is 4.84. The molecule has 5 atom stereocenters. The standard InChI is InChI=1S/C7H14O4/c1-3-5(8)6(9)4(2)11-7(3)10/h3-10H,1-2H3/t3-,4+,5+,6+,7?/m1/s1. The highest BCUT2D eigenvalue weighted by Crippen LogP contribution is 2.23. The molecule has 66 valence electrons. The molecular weight excluding hydrogens is 148 g/mol. The molecule has 0 aromatic rings. The van der Waals surface area contributed by atoms with Gasteiger partial charge in [-0.25, -0.2) is 0 Å². The Balaban J connectivity index is 2.63. The molecule has 1 saturated heterocycles. The topological polar surface area (TPSA) is 69.9 Å². The van der Waals surface area contributed by atoms with Crippen molar-refractivity contribution in [2.45, 2.75) is 38.4 Å². The molecule has 0 amide bonds. The average molecular weight is 162 g/mol. The number of ether oxygens (including phenoxy) is 1. The summed E-state index contributed by atoms with van der Waals surface area (Å²) in [5.41, 5.74) is 0. The first-order valence-corrected chi connectivity index (χ1v) is 3.73. The number of rotatable bonds is 0. The molecule has 11 heavy (non-hydrogen) atoms. The molecule has 0 aromatic carbocycles. The van der Waals surface area contributed by atoms with E-state index < -0.39 is 30.5 Å². The smallest absolute Gasteiger partial charge is 0.160 e. The molecular formula is C7H14O4. The second-order valence-corrected chi connectivity index (χ2v) is 3.07. The molecule has 0 radical (unpaired) electrons. The second-order valence-electron chi connectivity index (χ2n) is 3.07. The number of aliphatic hydroxyl groups is 3. The van der Waals surface area contributed by atoms with Crippen LogP contribution >= 0.6 is 0 Å². The minimum absolute atomic E-state index is 0.429. The third-order valence-electron chi connectivity index (χ3n) is 2.17. The summed E-state index contributed by atoms with van der Waals surface area (Å²) in [6, 6.07) is 0. The third kappa shape index (κ3) is 1.54. The lowest BCUT2D eigenvalue weighted by molar-refractivity contribution is -0.255. The van der Waals surface area contributed by atoms with Gasteiger partial charge in [-0.2, -0.15) is 0 Å². The lowest BCUT2D eigenvalue weighted by Gasteiger charge is -2.37. The van der Waals surface area contributed by atoms with Crippen molar-refractivity contribution in [2.24, 2.45) is 5.92 Å². The molecule has 1 heterocycles. The Kier molecular flexibility index (Phi) is 2.49. The summed E-state index contributed by atoms with van der Waals surface area (Å²) in [4.78, 5) is 0. The third-order valence-corrected chi connectivity index (χ3v) is 2.17. The maximum atomic E-state index is 9.30. The maximum Gasteiger partial charge on any atom is 0.160 e. The fourth-order valence-corrected chi connectivity index (χ4v) is 1.18. The van der Waals surface area contributed by atoms with Gasteiger partial charge in [-0.1, -0.05) is 6.92 Å². The number of hydrogen-bond acceptors (Lipinski definition) is 4. The largest absolute Gasteiger partial charge is 0.390 e. The van der Waals surface area contributed by atoms with Crippen molar-refractivity contribution in [2.75, 3.05) is 0 Å². The van der Waals surface area contributed by atoms with Crippen LogP contribution in [0.5, 0.6) is 0 Å². The van der Waals surface area contributed by atoms with Gasteiger partial charge in [-0.05, 0) is 6.92 Å². The van der Waals surface area contributed by atoms with E-state index >= 15 is 0 Å². The minimum Gasteiger partial charge on any atom is -0.390 e. The fourth-order valence-electron chi connectivity index (χ4n) is 1.18. The van der Waals surface area contributed by atoms with Gasteiger partial charge in [-0.3, -0.25) is 0 Å². The van der Waals surface area contributed by atoms with E-state index in [9.17, 15) is 10.2 Å². The van der Waals surface area contributed by atoms with E-state index in [0.29, 0.717) is 0 Å². The average Bonchev–Trinajstić information content (AvgIpc) is 1.97. The van der Waals surface area contributed by atoms with Crippen LogP contribution in [-0.4, -0.2) is 39.9 Å². The van der Waals surface area contributed by atoms with Crippen LogP contribution < -0.4 is 0 Å². The quantitative estimate of drug-likeness (QED) is 0.431. The van der Waals surface area contributed by atoms with Crippen molar-refractivity contribution in [3.05, 3.63) is 0 Å². The van der Waals surface area contributed by atoms with E-state index in [-0.39, 0.29) is 0 Å². The Morgan fingerprint density at radius 3 is 2.09 bits per heavy atom. The Morgan fingerprint density at radius 2 is 1.55 bits per heavy atom. The van der Waals surface area contributed by atoms with Crippen LogP contribution in [0.3, 0.4) is 0 Å². The monoisotopic (exact) mass is 162 g/mol. The van der Waals surface area contributed by atoms with E-state index in [1.807, 2.05) is 0 Å². The summed E-state index contributed by atoms with van der Waals surface area (Å²) in [5, 5.41) is 27.7. The fraction of sp³-hybridized carbons (Fsp3) is 1.00.